The number of ether oxygens (including phenoxy) is 2. The number of nitrogens with one attached hydrogen (secondary N) is 1. The summed E-state index contributed by atoms with van der Waals surface area (Å²) < 4.78 is 24.7. The first-order chi connectivity index (χ1) is 18.1. The lowest BCUT2D eigenvalue weighted by atomic mass is 9.97. The fourth-order valence-electron chi connectivity index (χ4n) is 4.51. The molecule has 1 saturated heterocycles. The highest BCUT2D eigenvalue weighted by Gasteiger charge is 2.25. The van der Waals surface area contributed by atoms with Crippen LogP contribution in [0.1, 0.15) is 45.5 Å². The van der Waals surface area contributed by atoms with Crippen LogP contribution in [0.2, 0.25) is 0 Å². The van der Waals surface area contributed by atoms with E-state index in [9.17, 15) is 14.3 Å². The molecular formula is C29H28FN3O4. The van der Waals surface area contributed by atoms with Crippen molar-refractivity contribution in [2.75, 3.05) is 26.4 Å². The van der Waals surface area contributed by atoms with Gasteiger partial charge in [-0.1, -0.05) is 30.3 Å². The number of allylic oxidation sites excluding steroid dienone is 1. The fraction of sp³-hybridized carbons (Fsp3) is 0.276. The third-order valence-electron chi connectivity index (χ3n) is 6.40. The molecule has 1 fully saturated rings. The molecule has 0 saturated carbocycles. The maximum Gasteiger partial charge on any atom is 0.252 e. The number of benzene rings is 2. The molecule has 0 aliphatic carbocycles. The molecule has 1 aromatic heterocycles. The predicted molar refractivity (Wildman–Crippen MR) is 138 cm³/mol. The predicted octanol–water partition coefficient (Wildman–Crippen LogP) is 3.88. The zero-order chi connectivity index (χ0) is 25.6. The number of carbonyl (C=O) groups excluding carboxylic acids is 1. The SMILES string of the molecule is O=C(N[C@@H](CCO)Cc1ccccn1)c1cc(C2OCCO2)ccc1C1=NCC(c2ccc(F)cc2)=C1. The van der Waals surface area contributed by atoms with Crippen molar-refractivity contribution in [2.24, 2.45) is 4.99 Å². The summed E-state index contributed by atoms with van der Waals surface area (Å²) in [6.45, 7) is 1.36. The second-order valence-corrected chi connectivity index (χ2v) is 8.96. The van der Waals surface area contributed by atoms with Crippen molar-refractivity contribution in [3.63, 3.8) is 0 Å². The molecule has 37 heavy (non-hydrogen) atoms. The van der Waals surface area contributed by atoms with Crippen LogP contribution in [-0.4, -0.2) is 54.1 Å². The summed E-state index contributed by atoms with van der Waals surface area (Å²) in [6.07, 6.45) is 3.99. The highest BCUT2D eigenvalue weighted by atomic mass is 19.1. The van der Waals surface area contributed by atoms with Gasteiger partial charge in [0, 0.05) is 47.7 Å². The molecule has 1 atom stereocenters. The van der Waals surface area contributed by atoms with E-state index in [1.165, 1.54) is 12.1 Å². The molecule has 0 bridgehead atoms. The molecule has 8 heteroatoms. The Hall–Kier alpha value is -3.72. The molecule has 0 unspecified atom stereocenters. The minimum Gasteiger partial charge on any atom is -0.396 e. The van der Waals surface area contributed by atoms with Gasteiger partial charge in [-0.3, -0.25) is 14.8 Å². The van der Waals surface area contributed by atoms with Crippen LogP contribution in [-0.2, 0) is 15.9 Å². The second kappa shape index (κ2) is 11.6. The smallest absolute Gasteiger partial charge is 0.252 e. The number of aliphatic imine (C=N–C) groups is 1. The van der Waals surface area contributed by atoms with Crippen molar-refractivity contribution < 1.29 is 23.8 Å². The summed E-state index contributed by atoms with van der Waals surface area (Å²) in [7, 11) is 0. The quantitative estimate of drug-likeness (QED) is 0.464. The summed E-state index contributed by atoms with van der Waals surface area (Å²) >= 11 is 0. The standard InChI is InChI=1S/C29H28FN3O4/c30-22-7-4-19(5-8-22)21-16-27(32-18-21)25-9-6-20(29-36-13-14-37-29)15-26(25)28(35)33-24(10-12-34)17-23-3-1-2-11-31-23/h1-9,11,15-16,24,29,34H,10,12-14,17-18H2,(H,33,35)/t24-/m0/s1. The Morgan fingerprint density at radius 1 is 1.11 bits per heavy atom. The molecule has 3 heterocycles. The van der Waals surface area contributed by atoms with E-state index in [2.05, 4.69) is 15.3 Å². The zero-order valence-corrected chi connectivity index (χ0v) is 20.3. The Bertz CT molecular complexity index is 1300. The van der Waals surface area contributed by atoms with E-state index >= 15 is 0 Å². The van der Waals surface area contributed by atoms with Crippen LogP contribution in [0.4, 0.5) is 4.39 Å². The summed E-state index contributed by atoms with van der Waals surface area (Å²) in [5.74, 6) is -0.576. The van der Waals surface area contributed by atoms with E-state index in [0.717, 1.165) is 22.4 Å². The average Bonchev–Trinajstić information content (AvgIpc) is 3.63. The highest BCUT2D eigenvalue weighted by Crippen LogP contribution is 2.28. The van der Waals surface area contributed by atoms with Crippen molar-refractivity contribution in [1.29, 1.82) is 0 Å². The van der Waals surface area contributed by atoms with Crippen molar-refractivity contribution in [3.8, 4) is 0 Å². The maximum absolute atomic E-state index is 13.6. The van der Waals surface area contributed by atoms with Gasteiger partial charge < -0.3 is 19.9 Å². The number of pyridine rings is 1. The largest absolute Gasteiger partial charge is 0.396 e. The van der Waals surface area contributed by atoms with E-state index in [-0.39, 0.29) is 24.4 Å². The Morgan fingerprint density at radius 3 is 2.65 bits per heavy atom. The number of nitrogens with zero attached hydrogens (tertiary/aromatic N) is 2. The summed E-state index contributed by atoms with van der Waals surface area (Å²) in [4.78, 5) is 22.7. The average molecular weight is 502 g/mol. The molecule has 5 rings (SSSR count). The lowest BCUT2D eigenvalue weighted by molar-refractivity contribution is -0.0441. The summed E-state index contributed by atoms with van der Waals surface area (Å²) in [6, 6.07) is 17.1. The van der Waals surface area contributed by atoms with Gasteiger partial charge in [0.05, 0.1) is 25.5 Å². The van der Waals surface area contributed by atoms with Gasteiger partial charge in [0.25, 0.3) is 5.91 Å². The van der Waals surface area contributed by atoms with Crippen LogP contribution in [0.15, 0.2) is 77.9 Å². The van der Waals surface area contributed by atoms with Gasteiger partial charge >= 0.3 is 0 Å². The summed E-state index contributed by atoms with van der Waals surface area (Å²) in [5.41, 5.74) is 5.20. The molecule has 2 N–H and O–H groups in total. The number of aromatic nitrogens is 1. The number of aliphatic hydroxyl groups excluding tert-OH is 1. The first kappa shape index (κ1) is 25.0. The van der Waals surface area contributed by atoms with E-state index < -0.39 is 6.29 Å². The van der Waals surface area contributed by atoms with Crippen molar-refractivity contribution >= 4 is 17.2 Å². The van der Waals surface area contributed by atoms with Crippen LogP contribution in [0.5, 0.6) is 0 Å². The molecule has 2 aliphatic heterocycles. The number of carbonyl (C=O) groups is 1. The monoisotopic (exact) mass is 501 g/mol. The van der Waals surface area contributed by atoms with Crippen LogP contribution < -0.4 is 5.32 Å². The third kappa shape index (κ3) is 5.99. The van der Waals surface area contributed by atoms with Gasteiger partial charge in [0.15, 0.2) is 6.29 Å². The Balaban J connectivity index is 1.44. The van der Waals surface area contributed by atoms with Gasteiger partial charge in [-0.15, -0.1) is 0 Å². The van der Waals surface area contributed by atoms with E-state index in [1.54, 1.807) is 24.4 Å². The van der Waals surface area contributed by atoms with Gasteiger partial charge in [0.2, 0.25) is 0 Å². The lowest BCUT2D eigenvalue weighted by Crippen LogP contribution is -2.38. The summed E-state index contributed by atoms with van der Waals surface area (Å²) in [5, 5.41) is 12.7. The van der Waals surface area contributed by atoms with E-state index in [1.807, 2.05) is 36.4 Å². The second-order valence-electron chi connectivity index (χ2n) is 8.96. The van der Waals surface area contributed by atoms with Crippen molar-refractivity contribution in [1.82, 2.24) is 10.3 Å². The van der Waals surface area contributed by atoms with Crippen LogP contribution in [0, 0.1) is 5.82 Å². The number of rotatable bonds is 9. The van der Waals surface area contributed by atoms with Crippen molar-refractivity contribution in [3.05, 3.63) is 107 Å². The molecule has 2 aliphatic rings. The van der Waals surface area contributed by atoms with Crippen LogP contribution >= 0.6 is 0 Å². The number of amides is 1. The molecule has 2 aromatic carbocycles. The Kier molecular flexibility index (Phi) is 7.79. The maximum atomic E-state index is 13.6. The van der Waals surface area contributed by atoms with Crippen molar-refractivity contribution in [2.45, 2.75) is 25.2 Å². The first-order valence-electron chi connectivity index (χ1n) is 12.3. The van der Waals surface area contributed by atoms with Gasteiger partial charge in [-0.05, 0) is 54.0 Å². The molecule has 190 valence electrons. The molecule has 3 aromatic rings. The normalized spacial score (nSPS) is 16.4. The minimum atomic E-state index is -0.529. The van der Waals surface area contributed by atoms with Gasteiger partial charge in [-0.25, -0.2) is 4.39 Å². The number of hydrogen-bond donors (Lipinski definition) is 2. The van der Waals surface area contributed by atoms with Gasteiger partial charge in [0.1, 0.15) is 5.82 Å². The minimum absolute atomic E-state index is 0.0646. The molecule has 0 radical (unpaired) electrons. The Morgan fingerprint density at radius 2 is 1.92 bits per heavy atom. The number of halogens is 1. The van der Waals surface area contributed by atoms with Crippen LogP contribution in [0.3, 0.4) is 0 Å². The van der Waals surface area contributed by atoms with E-state index in [4.69, 9.17) is 9.47 Å². The molecule has 1 amide bonds. The first-order valence-corrected chi connectivity index (χ1v) is 12.3. The van der Waals surface area contributed by atoms with Gasteiger partial charge in [-0.2, -0.15) is 0 Å². The Labute approximate surface area is 214 Å². The fourth-order valence-corrected chi connectivity index (χ4v) is 4.51. The van der Waals surface area contributed by atoms with E-state index in [0.29, 0.717) is 49.4 Å². The third-order valence-corrected chi connectivity index (χ3v) is 6.40. The lowest BCUT2D eigenvalue weighted by Gasteiger charge is -2.20. The van der Waals surface area contributed by atoms with Crippen LogP contribution in [0.25, 0.3) is 5.57 Å². The molecular weight excluding hydrogens is 473 g/mol. The zero-order valence-electron chi connectivity index (χ0n) is 20.3. The number of hydrogen-bond acceptors (Lipinski definition) is 6. The molecule has 0 spiro atoms. The number of aliphatic hydroxyl groups is 1. The topological polar surface area (TPSA) is 93.0 Å². The highest BCUT2D eigenvalue weighted by molar-refractivity contribution is 6.19. The molecule has 7 nitrogen and oxygen atoms in total.